The summed E-state index contributed by atoms with van der Waals surface area (Å²) in [5.74, 6) is -1.11. The van der Waals surface area contributed by atoms with Crippen molar-refractivity contribution in [1.29, 1.82) is 0 Å². The monoisotopic (exact) mass is 344 g/mol. The van der Waals surface area contributed by atoms with E-state index in [4.69, 9.17) is 9.84 Å². The molecular weight excluding hydrogens is 328 g/mol. The molecule has 1 unspecified atom stereocenters. The van der Waals surface area contributed by atoms with Crippen molar-refractivity contribution in [2.75, 3.05) is 20.7 Å². The smallest absolute Gasteiger partial charge is 0.334 e. The van der Waals surface area contributed by atoms with Gasteiger partial charge in [0.1, 0.15) is 0 Å². The van der Waals surface area contributed by atoms with Gasteiger partial charge in [0.05, 0.1) is 6.54 Å². The van der Waals surface area contributed by atoms with E-state index in [0.717, 1.165) is 10.0 Å². The number of carboxylic acids is 1. The first-order valence-electron chi connectivity index (χ1n) is 5.93. The summed E-state index contributed by atoms with van der Waals surface area (Å²) in [5, 5.41) is 11.3. The number of nitrogens with zero attached hydrogens (tertiary/aromatic N) is 1. The normalized spacial score (nSPS) is 11.8. The molecule has 0 saturated heterocycles. The van der Waals surface area contributed by atoms with Crippen LogP contribution in [0.2, 0.25) is 0 Å². The van der Waals surface area contributed by atoms with Crippen LogP contribution in [0, 0.1) is 0 Å². The molecule has 1 aromatic rings. The second kappa shape index (κ2) is 7.86. The number of halogens is 1. The van der Waals surface area contributed by atoms with E-state index in [1.54, 1.807) is 7.05 Å². The highest BCUT2D eigenvalue weighted by Gasteiger charge is 2.18. The van der Waals surface area contributed by atoms with E-state index in [2.05, 4.69) is 21.2 Å². The van der Waals surface area contributed by atoms with Crippen LogP contribution in [0.3, 0.4) is 0 Å². The molecule has 110 valence electrons. The van der Waals surface area contributed by atoms with Gasteiger partial charge in [0.25, 0.3) is 0 Å². The summed E-state index contributed by atoms with van der Waals surface area (Å²) in [5.41, 5.74) is 0.965. The highest BCUT2D eigenvalue weighted by atomic mass is 79.9. The molecule has 0 heterocycles. The van der Waals surface area contributed by atoms with Crippen molar-refractivity contribution in [2.24, 2.45) is 0 Å². The van der Waals surface area contributed by atoms with Gasteiger partial charge in [0.15, 0.2) is 6.10 Å². The summed E-state index contributed by atoms with van der Waals surface area (Å²) in [4.78, 5) is 24.1. The number of amides is 2. The van der Waals surface area contributed by atoms with Gasteiger partial charge >= 0.3 is 12.0 Å². The van der Waals surface area contributed by atoms with E-state index in [1.165, 1.54) is 12.0 Å². The summed E-state index contributed by atoms with van der Waals surface area (Å²) in [6.45, 7) is 0.336. The molecule has 0 aliphatic rings. The van der Waals surface area contributed by atoms with Crippen LogP contribution in [0.4, 0.5) is 4.79 Å². The molecule has 0 aliphatic heterocycles. The Morgan fingerprint density at radius 3 is 2.65 bits per heavy atom. The van der Waals surface area contributed by atoms with Gasteiger partial charge in [-0.25, -0.2) is 9.59 Å². The molecule has 2 amide bonds. The van der Waals surface area contributed by atoms with Gasteiger partial charge < -0.3 is 20.1 Å². The van der Waals surface area contributed by atoms with Gasteiger partial charge in [-0.15, -0.1) is 0 Å². The van der Waals surface area contributed by atoms with Gasteiger partial charge in [-0.1, -0.05) is 34.1 Å². The molecule has 0 spiro atoms. The highest BCUT2D eigenvalue weighted by Crippen LogP contribution is 2.17. The van der Waals surface area contributed by atoms with Gasteiger partial charge in [0, 0.05) is 25.2 Å². The maximum absolute atomic E-state index is 11.9. The molecule has 1 aromatic carbocycles. The van der Waals surface area contributed by atoms with Crippen LogP contribution < -0.4 is 5.32 Å². The van der Waals surface area contributed by atoms with Crippen molar-refractivity contribution in [3.8, 4) is 0 Å². The number of ether oxygens (including phenoxy) is 1. The maximum Gasteiger partial charge on any atom is 0.334 e. The fourth-order valence-corrected chi connectivity index (χ4v) is 1.95. The number of carbonyl (C=O) groups is 2. The molecule has 0 aliphatic carbocycles. The minimum Gasteiger partial charge on any atom is -0.479 e. The highest BCUT2D eigenvalue weighted by molar-refractivity contribution is 9.10. The van der Waals surface area contributed by atoms with Crippen molar-refractivity contribution in [1.82, 2.24) is 10.2 Å². The Balaban J connectivity index is 2.51. The Morgan fingerprint density at radius 2 is 2.10 bits per heavy atom. The van der Waals surface area contributed by atoms with Crippen LogP contribution in [0.15, 0.2) is 28.7 Å². The molecule has 6 nitrogen and oxygen atoms in total. The Labute approximate surface area is 125 Å². The Kier molecular flexibility index (Phi) is 6.47. The summed E-state index contributed by atoms with van der Waals surface area (Å²) >= 11 is 3.41. The maximum atomic E-state index is 11.9. The third-order valence-electron chi connectivity index (χ3n) is 2.71. The zero-order valence-corrected chi connectivity index (χ0v) is 12.9. The standard InChI is InChI=1S/C13H17BrN2O4/c1-16(8-9-5-3-4-6-10(9)14)13(19)15-7-11(20-2)12(17)18/h3-6,11H,7-8H2,1-2H3,(H,15,19)(H,17,18). The molecule has 0 bridgehead atoms. The number of rotatable bonds is 6. The molecule has 0 radical (unpaired) electrons. The number of methoxy groups -OCH3 is 1. The number of carboxylic acid groups (broad SMARTS) is 1. The number of carbonyl (C=O) groups excluding carboxylic acids is 1. The van der Waals surface area contributed by atoms with Crippen LogP contribution >= 0.6 is 15.9 Å². The minimum absolute atomic E-state index is 0.0784. The summed E-state index contributed by atoms with van der Waals surface area (Å²) in [6, 6.07) is 7.22. The third kappa shape index (κ3) is 4.82. The molecule has 2 N–H and O–H groups in total. The summed E-state index contributed by atoms with van der Waals surface area (Å²) in [6.07, 6.45) is -1.05. The molecule has 0 aromatic heterocycles. The average Bonchev–Trinajstić information content (AvgIpc) is 2.41. The molecule has 1 atom stereocenters. The van der Waals surface area contributed by atoms with E-state index >= 15 is 0 Å². The average molecular weight is 345 g/mol. The van der Waals surface area contributed by atoms with E-state index in [1.807, 2.05) is 24.3 Å². The van der Waals surface area contributed by atoms with Crippen molar-refractivity contribution < 1.29 is 19.4 Å². The first-order valence-corrected chi connectivity index (χ1v) is 6.73. The lowest BCUT2D eigenvalue weighted by Gasteiger charge is -2.20. The predicted molar refractivity (Wildman–Crippen MR) is 77.4 cm³/mol. The predicted octanol–water partition coefficient (Wildman–Crippen LogP) is 1.69. The molecular formula is C13H17BrN2O4. The van der Waals surface area contributed by atoms with Gasteiger partial charge in [0.2, 0.25) is 0 Å². The number of nitrogens with one attached hydrogen (secondary N) is 1. The number of aliphatic carboxylic acids is 1. The third-order valence-corrected chi connectivity index (χ3v) is 3.48. The van der Waals surface area contributed by atoms with Crippen molar-refractivity contribution >= 4 is 27.9 Å². The first kappa shape index (κ1) is 16.5. The molecule has 7 heteroatoms. The zero-order chi connectivity index (χ0) is 15.1. The van der Waals surface area contributed by atoms with Crippen LogP contribution in [-0.2, 0) is 16.1 Å². The SMILES string of the molecule is COC(CNC(=O)N(C)Cc1ccccc1Br)C(=O)O. The lowest BCUT2D eigenvalue weighted by molar-refractivity contribution is -0.148. The van der Waals surface area contributed by atoms with Crippen LogP contribution in [0.5, 0.6) is 0 Å². The fourth-order valence-electron chi connectivity index (χ4n) is 1.54. The first-order chi connectivity index (χ1) is 9.45. The van der Waals surface area contributed by atoms with Gasteiger partial charge in [-0.05, 0) is 11.6 Å². The number of benzene rings is 1. The second-order valence-corrected chi connectivity index (χ2v) is 5.05. The Hall–Kier alpha value is -1.60. The van der Waals surface area contributed by atoms with Crippen molar-refractivity contribution in [2.45, 2.75) is 12.6 Å². The van der Waals surface area contributed by atoms with Gasteiger partial charge in [-0.3, -0.25) is 0 Å². The zero-order valence-electron chi connectivity index (χ0n) is 11.3. The minimum atomic E-state index is -1.11. The van der Waals surface area contributed by atoms with Crippen LogP contribution in [0.25, 0.3) is 0 Å². The molecule has 0 fully saturated rings. The van der Waals surface area contributed by atoms with E-state index in [-0.39, 0.29) is 12.6 Å². The fraction of sp³-hybridized carbons (Fsp3) is 0.385. The van der Waals surface area contributed by atoms with E-state index < -0.39 is 12.1 Å². The van der Waals surface area contributed by atoms with E-state index in [0.29, 0.717) is 6.54 Å². The number of hydrogen-bond acceptors (Lipinski definition) is 3. The van der Waals surface area contributed by atoms with Gasteiger partial charge in [-0.2, -0.15) is 0 Å². The molecule has 1 rings (SSSR count). The number of urea groups is 1. The topological polar surface area (TPSA) is 78.9 Å². The molecule has 20 heavy (non-hydrogen) atoms. The lowest BCUT2D eigenvalue weighted by atomic mass is 10.2. The Morgan fingerprint density at radius 1 is 1.45 bits per heavy atom. The summed E-state index contributed by atoms with van der Waals surface area (Å²) in [7, 11) is 2.92. The van der Waals surface area contributed by atoms with E-state index in [9.17, 15) is 9.59 Å². The number of hydrogen-bond donors (Lipinski definition) is 2. The van der Waals surface area contributed by atoms with Crippen molar-refractivity contribution in [3.05, 3.63) is 34.3 Å². The lowest BCUT2D eigenvalue weighted by Crippen LogP contribution is -2.43. The Bertz CT molecular complexity index is 481. The quantitative estimate of drug-likeness (QED) is 0.822. The molecule has 0 saturated carbocycles. The largest absolute Gasteiger partial charge is 0.479 e. The van der Waals surface area contributed by atoms with Crippen LogP contribution in [0.1, 0.15) is 5.56 Å². The summed E-state index contributed by atoms with van der Waals surface area (Å²) < 4.78 is 5.66. The van der Waals surface area contributed by atoms with Crippen LogP contribution in [-0.4, -0.2) is 48.8 Å². The van der Waals surface area contributed by atoms with Crippen molar-refractivity contribution in [3.63, 3.8) is 0 Å². The second-order valence-electron chi connectivity index (χ2n) is 4.20.